The van der Waals surface area contributed by atoms with Crippen LogP contribution in [0.25, 0.3) is 0 Å². The number of carbonyl (C=O) groups excluding carboxylic acids is 2. The zero-order valence-electron chi connectivity index (χ0n) is 15.8. The van der Waals surface area contributed by atoms with Gasteiger partial charge in [-0.25, -0.2) is 9.59 Å². The largest absolute Gasteiger partial charge is 0.458 e. The van der Waals surface area contributed by atoms with Crippen LogP contribution in [0.4, 0.5) is 0 Å². The Kier molecular flexibility index (Phi) is 4.56. The smallest absolute Gasteiger partial charge is 0.334 e. The summed E-state index contributed by atoms with van der Waals surface area (Å²) in [5, 5.41) is 21.9. The fraction of sp³-hybridized carbons (Fsp3) is 0.700. The van der Waals surface area contributed by atoms with E-state index in [1.54, 1.807) is 26.8 Å². The summed E-state index contributed by atoms with van der Waals surface area (Å²) in [6.45, 7) is 10.8. The molecule has 7 atom stereocenters. The lowest BCUT2D eigenvalue weighted by Gasteiger charge is -2.59. The molecule has 0 radical (unpaired) electrons. The van der Waals surface area contributed by atoms with E-state index in [4.69, 9.17) is 9.47 Å². The zero-order chi connectivity index (χ0) is 19.4. The van der Waals surface area contributed by atoms with Crippen molar-refractivity contribution in [3.8, 4) is 0 Å². The van der Waals surface area contributed by atoms with E-state index in [2.05, 4.69) is 6.58 Å². The molecule has 0 aromatic carbocycles. The van der Waals surface area contributed by atoms with Gasteiger partial charge in [-0.05, 0) is 40.0 Å². The van der Waals surface area contributed by atoms with Crippen molar-refractivity contribution < 1.29 is 29.3 Å². The number of aliphatic hydroxyl groups excluding tert-OH is 1. The maximum absolute atomic E-state index is 12.5. The second kappa shape index (κ2) is 6.20. The third kappa shape index (κ3) is 2.70. The third-order valence-corrected chi connectivity index (χ3v) is 6.71. The number of ether oxygens (including phenoxy) is 2. The molecule has 0 spiro atoms. The van der Waals surface area contributed by atoms with E-state index in [9.17, 15) is 19.8 Å². The van der Waals surface area contributed by atoms with Gasteiger partial charge in [0.15, 0.2) is 0 Å². The molecule has 0 unspecified atom stereocenters. The number of rotatable bonds is 2. The maximum Gasteiger partial charge on any atom is 0.334 e. The van der Waals surface area contributed by atoms with Gasteiger partial charge < -0.3 is 19.7 Å². The van der Waals surface area contributed by atoms with Crippen molar-refractivity contribution in [2.75, 3.05) is 0 Å². The number of aliphatic hydroxyl groups is 2. The van der Waals surface area contributed by atoms with Crippen LogP contribution in [0, 0.1) is 17.3 Å². The Morgan fingerprint density at radius 2 is 2.08 bits per heavy atom. The van der Waals surface area contributed by atoms with Crippen LogP contribution in [0.2, 0.25) is 0 Å². The molecule has 6 nitrogen and oxygen atoms in total. The molecule has 6 heteroatoms. The zero-order valence-corrected chi connectivity index (χ0v) is 15.8. The van der Waals surface area contributed by atoms with E-state index in [1.165, 1.54) is 0 Å². The summed E-state index contributed by atoms with van der Waals surface area (Å²) in [7, 11) is 0. The van der Waals surface area contributed by atoms with Crippen molar-refractivity contribution in [1.29, 1.82) is 0 Å². The molecule has 0 aromatic heterocycles. The van der Waals surface area contributed by atoms with E-state index in [-0.39, 0.29) is 5.57 Å². The van der Waals surface area contributed by atoms with Crippen molar-refractivity contribution in [2.24, 2.45) is 17.3 Å². The molecule has 0 amide bonds. The Labute approximate surface area is 153 Å². The lowest BCUT2D eigenvalue weighted by Crippen LogP contribution is -2.65. The molecule has 2 aliphatic carbocycles. The minimum atomic E-state index is -1.14. The van der Waals surface area contributed by atoms with Gasteiger partial charge in [-0.1, -0.05) is 19.6 Å². The van der Waals surface area contributed by atoms with Crippen LogP contribution < -0.4 is 0 Å². The molecule has 26 heavy (non-hydrogen) atoms. The molecule has 1 aliphatic heterocycles. The normalized spacial score (nSPS) is 45.6. The van der Waals surface area contributed by atoms with Crippen molar-refractivity contribution in [2.45, 2.75) is 70.9 Å². The molecule has 3 fully saturated rings. The standard InChI is InChI=1S/C20H28O6/c1-6-10(2)17(22)26-15-14-11(3)18(23)25-12(14)9-19(4)13(21)7-8-20(5,24)16(15)19/h6,12-16,21,24H,3,7-9H2,1-2,4-5H3/b10-6-/t12-,13-,14+,15+,16-,19-,20-/m0/s1. The summed E-state index contributed by atoms with van der Waals surface area (Å²) in [4.78, 5) is 24.6. The summed E-state index contributed by atoms with van der Waals surface area (Å²) >= 11 is 0. The van der Waals surface area contributed by atoms with Crippen molar-refractivity contribution in [1.82, 2.24) is 0 Å². The van der Waals surface area contributed by atoms with E-state index in [0.29, 0.717) is 24.8 Å². The Bertz CT molecular complexity index is 678. The second-order valence-electron chi connectivity index (χ2n) is 8.44. The number of esters is 2. The molecule has 0 aromatic rings. The summed E-state index contributed by atoms with van der Waals surface area (Å²) < 4.78 is 11.3. The monoisotopic (exact) mass is 364 g/mol. The van der Waals surface area contributed by atoms with Crippen molar-refractivity contribution in [3.63, 3.8) is 0 Å². The van der Waals surface area contributed by atoms with Gasteiger partial charge >= 0.3 is 11.9 Å². The Hall–Kier alpha value is -1.66. The minimum Gasteiger partial charge on any atom is -0.458 e. The van der Waals surface area contributed by atoms with Gasteiger partial charge in [-0.3, -0.25) is 0 Å². The van der Waals surface area contributed by atoms with Gasteiger partial charge in [0.05, 0.1) is 17.6 Å². The first-order valence-corrected chi connectivity index (χ1v) is 9.17. The SMILES string of the molecule is C=C1C(=O)O[C@H]2C[C@@]3(C)[C@@H](O)CC[C@](C)(O)[C@H]3[C@H](OC(=O)/C(C)=C\C)[C@H]12. The van der Waals surface area contributed by atoms with Gasteiger partial charge in [0, 0.05) is 22.5 Å². The molecular weight excluding hydrogens is 336 g/mol. The summed E-state index contributed by atoms with van der Waals surface area (Å²) in [5.74, 6) is -2.03. The number of hydrogen-bond donors (Lipinski definition) is 2. The van der Waals surface area contributed by atoms with E-state index in [0.717, 1.165) is 0 Å². The van der Waals surface area contributed by atoms with Crippen molar-refractivity contribution >= 4 is 11.9 Å². The summed E-state index contributed by atoms with van der Waals surface area (Å²) in [5.41, 5.74) is -1.16. The average molecular weight is 364 g/mol. The fourth-order valence-corrected chi connectivity index (χ4v) is 5.17. The Balaban J connectivity index is 2.08. The van der Waals surface area contributed by atoms with Crippen molar-refractivity contribution in [3.05, 3.63) is 23.8 Å². The highest BCUT2D eigenvalue weighted by Crippen LogP contribution is 2.59. The molecule has 144 valence electrons. The molecule has 2 saturated carbocycles. The van der Waals surface area contributed by atoms with E-state index < -0.39 is 53.1 Å². The first-order valence-electron chi connectivity index (χ1n) is 9.17. The highest BCUT2D eigenvalue weighted by molar-refractivity contribution is 5.91. The van der Waals surface area contributed by atoms with Crippen LogP contribution in [0.1, 0.15) is 47.0 Å². The minimum absolute atomic E-state index is 0.267. The van der Waals surface area contributed by atoms with Gasteiger partial charge in [0.25, 0.3) is 0 Å². The van der Waals surface area contributed by atoms with Crippen LogP contribution >= 0.6 is 0 Å². The summed E-state index contributed by atoms with van der Waals surface area (Å²) in [6, 6.07) is 0. The van der Waals surface area contributed by atoms with E-state index >= 15 is 0 Å². The number of carbonyl (C=O) groups is 2. The molecular formula is C20H28O6. The molecule has 1 saturated heterocycles. The molecule has 3 aliphatic rings. The van der Waals surface area contributed by atoms with Crippen LogP contribution in [-0.2, 0) is 19.1 Å². The number of allylic oxidation sites excluding steroid dienone is 1. The fourth-order valence-electron chi connectivity index (χ4n) is 5.17. The molecule has 3 rings (SSSR count). The first kappa shape index (κ1) is 19.1. The lowest BCUT2D eigenvalue weighted by atomic mass is 9.50. The molecule has 0 bridgehead atoms. The Morgan fingerprint density at radius 1 is 1.42 bits per heavy atom. The second-order valence-corrected chi connectivity index (χ2v) is 8.44. The van der Waals surface area contributed by atoms with E-state index in [1.807, 2.05) is 6.92 Å². The lowest BCUT2D eigenvalue weighted by molar-refractivity contribution is -0.234. The molecule has 2 N–H and O–H groups in total. The highest BCUT2D eigenvalue weighted by atomic mass is 16.6. The third-order valence-electron chi connectivity index (χ3n) is 6.71. The molecule has 1 heterocycles. The van der Waals surface area contributed by atoms with Crippen LogP contribution in [0.5, 0.6) is 0 Å². The maximum atomic E-state index is 12.5. The predicted octanol–water partition coefficient (Wildman–Crippen LogP) is 1.89. The quantitative estimate of drug-likeness (QED) is 0.574. The van der Waals surface area contributed by atoms with Gasteiger partial charge in [0.1, 0.15) is 12.2 Å². The van der Waals surface area contributed by atoms with Crippen LogP contribution in [0.3, 0.4) is 0 Å². The average Bonchev–Trinajstić information content (AvgIpc) is 2.84. The van der Waals surface area contributed by atoms with Gasteiger partial charge in [-0.15, -0.1) is 0 Å². The topological polar surface area (TPSA) is 93.1 Å². The van der Waals surface area contributed by atoms with Gasteiger partial charge in [0.2, 0.25) is 0 Å². The van der Waals surface area contributed by atoms with Gasteiger partial charge in [-0.2, -0.15) is 0 Å². The Morgan fingerprint density at radius 3 is 2.69 bits per heavy atom. The predicted molar refractivity (Wildman–Crippen MR) is 93.9 cm³/mol. The van der Waals surface area contributed by atoms with Crippen LogP contribution in [0.15, 0.2) is 23.8 Å². The number of fused-ring (bicyclic) bond motifs is 2. The first-order chi connectivity index (χ1) is 12.0. The summed E-state index contributed by atoms with van der Waals surface area (Å²) in [6.07, 6.45) is 0.922. The highest BCUT2D eigenvalue weighted by Gasteiger charge is 2.66. The number of hydrogen-bond acceptors (Lipinski definition) is 6. The van der Waals surface area contributed by atoms with Crippen LogP contribution in [-0.4, -0.2) is 46.1 Å².